The molecule has 0 aromatic heterocycles. The fraction of sp³-hybridized carbons (Fsp3) is 0.417. The molecule has 2 amide bonds. The van der Waals surface area contributed by atoms with Crippen LogP contribution in [0.1, 0.15) is 31.9 Å². The van der Waals surface area contributed by atoms with Crippen LogP contribution >= 0.6 is 0 Å². The van der Waals surface area contributed by atoms with Crippen LogP contribution in [-0.2, 0) is 26.2 Å². The molecule has 0 bridgehead atoms. The summed E-state index contributed by atoms with van der Waals surface area (Å²) in [5.74, 6) is -1.14. The summed E-state index contributed by atoms with van der Waals surface area (Å²) in [6.07, 6.45) is 0.980. The Balaban J connectivity index is 2.36. The van der Waals surface area contributed by atoms with Gasteiger partial charge in [-0.05, 0) is 55.2 Å². The Morgan fingerprint density at radius 1 is 1.03 bits per heavy atom. The number of sulfonamides is 1. The Hall–Kier alpha value is -2.94. The number of halogens is 1. The number of amides is 2. The minimum atomic E-state index is -3.84. The molecule has 0 saturated heterocycles. The Bertz CT molecular complexity index is 1070. The number of rotatable bonds is 10. The van der Waals surface area contributed by atoms with E-state index in [1.54, 1.807) is 6.92 Å². The van der Waals surface area contributed by atoms with E-state index in [-0.39, 0.29) is 24.1 Å². The van der Waals surface area contributed by atoms with Gasteiger partial charge in [0.1, 0.15) is 18.4 Å². The van der Waals surface area contributed by atoms with E-state index < -0.39 is 34.3 Å². The number of hydrogen-bond acceptors (Lipinski definition) is 4. The van der Waals surface area contributed by atoms with Crippen LogP contribution in [0.3, 0.4) is 0 Å². The summed E-state index contributed by atoms with van der Waals surface area (Å²) in [4.78, 5) is 27.6. The first-order valence-corrected chi connectivity index (χ1v) is 12.6. The zero-order valence-electron chi connectivity index (χ0n) is 19.7. The van der Waals surface area contributed by atoms with Crippen molar-refractivity contribution >= 4 is 27.5 Å². The van der Waals surface area contributed by atoms with E-state index in [1.165, 1.54) is 17.0 Å². The number of anilines is 1. The van der Waals surface area contributed by atoms with Gasteiger partial charge in [0.05, 0.1) is 11.9 Å². The maximum absolute atomic E-state index is 13.4. The molecule has 0 heterocycles. The van der Waals surface area contributed by atoms with Gasteiger partial charge in [-0.15, -0.1) is 0 Å². The third-order valence-corrected chi connectivity index (χ3v) is 6.39. The predicted octanol–water partition coefficient (Wildman–Crippen LogP) is 3.09. The lowest BCUT2D eigenvalue weighted by molar-refractivity contribution is -0.139. The molecule has 1 N–H and O–H groups in total. The third kappa shape index (κ3) is 7.56. The van der Waals surface area contributed by atoms with E-state index in [4.69, 9.17) is 0 Å². The maximum atomic E-state index is 13.4. The zero-order chi connectivity index (χ0) is 24.8. The molecule has 2 rings (SSSR count). The second-order valence-corrected chi connectivity index (χ2v) is 10.4. The van der Waals surface area contributed by atoms with Crippen molar-refractivity contribution in [2.24, 2.45) is 5.92 Å². The molecule has 0 radical (unpaired) electrons. The number of aryl methyl sites for hydroxylation is 1. The Morgan fingerprint density at radius 2 is 1.64 bits per heavy atom. The van der Waals surface area contributed by atoms with Gasteiger partial charge in [-0.2, -0.15) is 0 Å². The van der Waals surface area contributed by atoms with E-state index in [2.05, 4.69) is 5.32 Å². The molecule has 0 aliphatic carbocycles. The van der Waals surface area contributed by atoms with Gasteiger partial charge < -0.3 is 10.2 Å². The van der Waals surface area contributed by atoms with Crippen molar-refractivity contribution in [1.82, 2.24) is 10.2 Å². The summed E-state index contributed by atoms with van der Waals surface area (Å²) in [6, 6.07) is 11.5. The summed E-state index contributed by atoms with van der Waals surface area (Å²) in [5, 5.41) is 2.83. The van der Waals surface area contributed by atoms with Gasteiger partial charge in [0.15, 0.2) is 0 Å². The van der Waals surface area contributed by atoms with Crippen molar-refractivity contribution < 1.29 is 22.4 Å². The quantitative estimate of drug-likeness (QED) is 0.570. The monoisotopic (exact) mass is 477 g/mol. The molecule has 2 aromatic carbocycles. The number of carbonyl (C=O) groups is 2. The average Bonchev–Trinajstić information content (AvgIpc) is 2.74. The number of carbonyl (C=O) groups excluding carboxylic acids is 2. The smallest absolute Gasteiger partial charge is 0.244 e. The molecule has 0 fully saturated rings. The van der Waals surface area contributed by atoms with E-state index in [1.807, 2.05) is 45.0 Å². The summed E-state index contributed by atoms with van der Waals surface area (Å²) < 4.78 is 39.2. The van der Waals surface area contributed by atoms with E-state index in [0.717, 1.165) is 33.8 Å². The Labute approximate surface area is 195 Å². The Kier molecular flexibility index (Phi) is 8.99. The molecule has 33 heavy (non-hydrogen) atoms. The van der Waals surface area contributed by atoms with Crippen molar-refractivity contribution in [1.29, 1.82) is 0 Å². The molecule has 7 nitrogen and oxygen atoms in total. The van der Waals surface area contributed by atoms with E-state index in [0.29, 0.717) is 6.54 Å². The minimum Gasteiger partial charge on any atom is -0.354 e. The summed E-state index contributed by atoms with van der Waals surface area (Å²) >= 11 is 0. The van der Waals surface area contributed by atoms with Crippen molar-refractivity contribution in [3.63, 3.8) is 0 Å². The van der Waals surface area contributed by atoms with Gasteiger partial charge in [-0.25, -0.2) is 12.8 Å². The van der Waals surface area contributed by atoms with Crippen LogP contribution in [0.2, 0.25) is 0 Å². The average molecular weight is 478 g/mol. The molecule has 2 aromatic rings. The predicted molar refractivity (Wildman–Crippen MR) is 128 cm³/mol. The van der Waals surface area contributed by atoms with Crippen LogP contribution in [0.15, 0.2) is 48.5 Å². The van der Waals surface area contributed by atoms with Gasteiger partial charge >= 0.3 is 0 Å². The molecule has 1 atom stereocenters. The van der Waals surface area contributed by atoms with Crippen LogP contribution < -0.4 is 9.62 Å². The van der Waals surface area contributed by atoms with Crippen molar-refractivity contribution in [3.8, 4) is 0 Å². The lowest BCUT2D eigenvalue weighted by atomic mass is 10.1. The lowest BCUT2D eigenvalue weighted by Crippen LogP contribution is -2.51. The first kappa shape index (κ1) is 26.3. The van der Waals surface area contributed by atoms with Crippen LogP contribution in [0, 0.1) is 18.7 Å². The molecular formula is C24H32FN3O4S. The highest BCUT2D eigenvalue weighted by Gasteiger charge is 2.30. The maximum Gasteiger partial charge on any atom is 0.244 e. The molecule has 0 saturated carbocycles. The summed E-state index contributed by atoms with van der Waals surface area (Å²) in [7, 11) is -3.84. The first-order chi connectivity index (χ1) is 15.4. The van der Waals surface area contributed by atoms with Crippen LogP contribution in [-0.4, -0.2) is 50.5 Å². The van der Waals surface area contributed by atoms with Gasteiger partial charge in [0.25, 0.3) is 0 Å². The van der Waals surface area contributed by atoms with Gasteiger partial charge in [0.2, 0.25) is 21.8 Å². The zero-order valence-corrected chi connectivity index (χ0v) is 20.5. The van der Waals surface area contributed by atoms with E-state index in [9.17, 15) is 22.4 Å². The van der Waals surface area contributed by atoms with Gasteiger partial charge in [-0.3, -0.25) is 13.9 Å². The lowest BCUT2D eigenvalue weighted by Gasteiger charge is -2.32. The largest absolute Gasteiger partial charge is 0.354 e. The standard InChI is InChI=1S/C24H32FN3O4S/c1-17(2)14-26-24(30)19(4)27(15-20-9-7-6-8-18(20)3)23(29)16-28(33(5,31)32)22-12-10-21(25)11-13-22/h6-13,17,19H,14-16H2,1-5H3,(H,26,30)/t19-/m0/s1. The fourth-order valence-electron chi connectivity index (χ4n) is 3.23. The first-order valence-electron chi connectivity index (χ1n) is 10.7. The highest BCUT2D eigenvalue weighted by atomic mass is 32.2. The van der Waals surface area contributed by atoms with Gasteiger partial charge in [0, 0.05) is 13.1 Å². The molecule has 0 unspecified atom stereocenters. The normalized spacial score (nSPS) is 12.3. The second-order valence-electron chi connectivity index (χ2n) is 8.51. The minimum absolute atomic E-state index is 0.142. The fourth-order valence-corrected chi connectivity index (χ4v) is 4.08. The number of hydrogen-bond donors (Lipinski definition) is 1. The van der Waals surface area contributed by atoms with Crippen molar-refractivity contribution in [2.75, 3.05) is 23.7 Å². The molecule has 0 spiro atoms. The molecular weight excluding hydrogens is 445 g/mol. The highest BCUT2D eigenvalue weighted by Crippen LogP contribution is 2.20. The van der Waals surface area contributed by atoms with Crippen LogP contribution in [0.25, 0.3) is 0 Å². The summed E-state index contributed by atoms with van der Waals surface area (Å²) in [5.41, 5.74) is 1.96. The van der Waals surface area contributed by atoms with Crippen LogP contribution in [0.4, 0.5) is 10.1 Å². The number of benzene rings is 2. The molecule has 9 heteroatoms. The SMILES string of the molecule is Cc1ccccc1CN(C(=O)CN(c1ccc(F)cc1)S(C)(=O)=O)[C@@H](C)C(=O)NCC(C)C. The molecule has 0 aliphatic heterocycles. The number of nitrogens with zero attached hydrogens (tertiary/aromatic N) is 2. The topological polar surface area (TPSA) is 86.8 Å². The van der Waals surface area contributed by atoms with Gasteiger partial charge in [-0.1, -0.05) is 38.1 Å². The second kappa shape index (κ2) is 11.3. The molecule has 0 aliphatic rings. The van der Waals surface area contributed by atoms with E-state index >= 15 is 0 Å². The Morgan fingerprint density at radius 3 is 2.18 bits per heavy atom. The summed E-state index contributed by atoms with van der Waals surface area (Å²) in [6.45, 7) is 7.54. The highest BCUT2D eigenvalue weighted by molar-refractivity contribution is 7.92. The van der Waals surface area contributed by atoms with Crippen molar-refractivity contribution in [2.45, 2.75) is 40.3 Å². The third-order valence-electron chi connectivity index (χ3n) is 5.25. The van der Waals surface area contributed by atoms with Crippen molar-refractivity contribution in [3.05, 3.63) is 65.5 Å². The molecule has 180 valence electrons. The van der Waals surface area contributed by atoms with Crippen LogP contribution in [0.5, 0.6) is 0 Å². The number of nitrogens with one attached hydrogen (secondary N) is 1.